The number of carbonyl (C=O) groups is 1. The zero-order valence-corrected chi connectivity index (χ0v) is 11.3. The fourth-order valence-electron chi connectivity index (χ4n) is 1.81. The molecule has 2 aromatic rings. The minimum Gasteiger partial charge on any atom is -0.476 e. The van der Waals surface area contributed by atoms with Crippen LogP contribution in [-0.2, 0) is 6.42 Å². The number of carboxylic acid groups (broad SMARTS) is 1. The van der Waals surface area contributed by atoms with E-state index in [0.29, 0.717) is 11.3 Å². The van der Waals surface area contributed by atoms with E-state index in [2.05, 4.69) is 5.10 Å². The van der Waals surface area contributed by atoms with Crippen LogP contribution in [0, 0.1) is 10.1 Å². The SMILES string of the molecule is O=C(O)c1nn(-c2ccc(Cl)c([N+](=O)[O-])c2)cc1CCO. The third-order valence-corrected chi connectivity index (χ3v) is 3.08. The van der Waals surface area contributed by atoms with Gasteiger partial charge in [0.2, 0.25) is 0 Å². The maximum atomic E-state index is 11.1. The summed E-state index contributed by atoms with van der Waals surface area (Å²) in [5.74, 6) is -1.24. The van der Waals surface area contributed by atoms with Crippen molar-refractivity contribution in [3.8, 4) is 5.69 Å². The summed E-state index contributed by atoms with van der Waals surface area (Å²) < 4.78 is 1.21. The second-order valence-electron chi connectivity index (χ2n) is 4.12. The first-order valence-electron chi connectivity index (χ1n) is 5.81. The van der Waals surface area contributed by atoms with Crippen molar-refractivity contribution < 1.29 is 19.9 Å². The van der Waals surface area contributed by atoms with Crippen LogP contribution < -0.4 is 0 Å². The summed E-state index contributed by atoms with van der Waals surface area (Å²) in [6.07, 6.45) is 1.53. The minimum absolute atomic E-state index is 0.0232. The van der Waals surface area contributed by atoms with E-state index >= 15 is 0 Å². The van der Waals surface area contributed by atoms with Crippen molar-refractivity contribution in [2.45, 2.75) is 6.42 Å². The molecule has 0 unspecified atom stereocenters. The molecule has 0 aliphatic carbocycles. The summed E-state index contributed by atoms with van der Waals surface area (Å²) >= 11 is 5.72. The Bertz CT molecular complexity index is 713. The number of hydrogen-bond donors (Lipinski definition) is 2. The molecule has 0 saturated carbocycles. The molecule has 0 saturated heterocycles. The molecule has 0 atom stereocenters. The van der Waals surface area contributed by atoms with E-state index in [1.807, 2.05) is 0 Å². The van der Waals surface area contributed by atoms with Crippen molar-refractivity contribution in [2.24, 2.45) is 0 Å². The molecule has 1 heterocycles. The quantitative estimate of drug-likeness (QED) is 0.640. The van der Waals surface area contributed by atoms with Crippen molar-refractivity contribution in [1.29, 1.82) is 0 Å². The van der Waals surface area contributed by atoms with Gasteiger partial charge in [0.15, 0.2) is 5.69 Å². The fraction of sp³-hybridized carbons (Fsp3) is 0.167. The van der Waals surface area contributed by atoms with E-state index in [-0.39, 0.29) is 29.4 Å². The van der Waals surface area contributed by atoms with Crippen molar-refractivity contribution in [2.75, 3.05) is 6.61 Å². The molecule has 110 valence electrons. The standard InChI is InChI=1S/C12H10ClN3O5/c13-9-2-1-8(5-10(9)16(20)21)15-6-7(3-4-17)11(14-15)12(18)19/h1-2,5-6,17H,3-4H2,(H,18,19). The molecule has 0 radical (unpaired) electrons. The normalized spacial score (nSPS) is 10.6. The third-order valence-electron chi connectivity index (χ3n) is 2.76. The lowest BCUT2D eigenvalue weighted by Gasteiger charge is -2.02. The van der Waals surface area contributed by atoms with Gasteiger partial charge in [-0.2, -0.15) is 5.10 Å². The van der Waals surface area contributed by atoms with Gasteiger partial charge in [-0.05, 0) is 18.6 Å². The third kappa shape index (κ3) is 3.01. The molecule has 2 N–H and O–H groups in total. The maximum absolute atomic E-state index is 11.1. The smallest absolute Gasteiger partial charge is 0.356 e. The molecule has 0 aliphatic rings. The van der Waals surface area contributed by atoms with E-state index in [1.165, 1.54) is 29.1 Å². The molecule has 0 spiro atoms. The topological polar surface area (TPSA) is 118 Å². The molecule has 0 fully saturated rings. The van der Waals surface area contributed by atoms with Gasteiger partial charge in [-0.25, -0.2) is 9.48 Å². The molecule has 1 aromatic heterocycles. The highest BCUT2D eigenvalue weighted by molar-refractivity contribution is 6.32. The lowest BCUT2D eigenvalue weighted by Crippen LogP contribution is -2.04. The summed E-state index contributed by atoms with van der Waals surface area (Å²) in [7, 11) is 0. The van der Waals surface area contributed by atoms with Crippen LogP contribution in [0.2, 0.25) is 5.02 Å². The second-order valence-corrected chi connectivity index (χ2v) is 4.53. The van der Waals surface area contributed by atoms with Crippen LogP contribution in [0.4, 0.5) is 5.69 Å². The molecule has 9 heteroatoms. The lowest BCUT2D eigenvalue weighted by molar-refractivity contribution is -0.384. The van der Waals surface area contributed by atoms with E-state index in [1.54, 1.807) is 0 Å². The Labute approximate surface area is 123 Å². The largest absolute Gasteiger partial charge is 0.476 e. The van der Waals surface area contributed by atoms with Gasteiger partial charge in [0, 0.05) is 24.4 Å². The summed E-state index contributed by atoms with van der Waals surface area (Å²) in [6.45, 7) is -0.229. The van der Waals surface area contributed by atoms with Gasteiger partial charge in [0.25, 0.3) is 5.69 Å². The predicted molar refractivity (Wildman–Crippen MR) is 73.0 cm³/mol. The van der Waals surface area contributed by atoms with Crippen molar-refractivity contribution >= 4 is 23.3 Å². The molecule has 8 nitrogen and oxygen atoms in total. The number of aliphatic hydroxyl groups is 1. The van der Waals surface area contributed by atoms with E-state index in [9.17, 15) is 14.9 Å². The number of nitrogens with zero attached hydrogens (tertiary/aromatic N) is 3. The van der Waals surface area contributed by atoms with E-state index in [4.69, 9.17) is 21.8 Å². The lowest BCUT2D eigenvalue weighted by atomic mass is 10.2. The number of aromatic carboxylic acids is 1. The van der Waals surface area contributed by atoms with Crippen molar-refractivity contribution in [1.82, 2.24) is 9.78 Å². The van der Waals surface area contributed by atoms with Gasteiger partial charge >= 0.3 is 5.97 Å². The Hall–Kier alpha value is -2.45. The van der Waals surface area contributed by atoms with Gasteiger partial charge < -0.3 is 10.2 Å². The Morgan fingerprint density at radius 1 is 1.48 bits per heavy atom. The zero-order chi connectivity index (χ0) is 15.6. The predicted octanol–water partition coefficient (Wildman–Crippen LogP) is 1.67. The van der Waals surface area contributed by atoms with Crippen LogP contribution in [0.5, 0.6) is 0 Å². The molecule has 0 aliphatic heterocycles. The zero-order valence-electron chi connectivity index (χ0n) is 10.6. The number of hydrogen-bond acceptors (Lipinski definition) is 5. The number of halogens is 1. The Balaban J connectivity index is 2.52. The van der Waals surface area contributed by atoms with Gasteiger partial charge in [-0.3, -0.25) is 10.1 Å². The number of rotatable bonds is 5. The molecule has 1 aromatic carbocycles. The highest BCUT2D eigenvalue weighted by atomic mass is 35.5. The number of benzene rings is 1. The van der Waals surface area contributed by atoms with Crippen LogP contribution >= 0.6 is 11.6 Å². The summed E-state index contributed by atoms with van der Waals surface area (Å²) in [5.41, 5.74) is 0.132. The molecular formula is C12H10ClN3O5. The van der Waals surface area contributed by atoms with E-state index < -0.39 is 10.9 Å². The van der Waals surface area contributed by atoms with Crippen LogP contribution in [0.1, 0.15) is 16.1 Å². The highest BCUT2D eigenvalue weighted by Crippen LogP contribution is 2.27. The Kier molecular flexibility index (Phi) is 4.20. The fourth-order valence-corrected chi connectivity index (χ4v) is 2.00. The van der Waals surface area contributed by atoms with Crippen molar-refractivity contribution in [3.05, 3.63) is 50.8 Å². The average Bonchev–Trinajstić information content (AvgIpc) is 2.83. The van der Waals surface area contributed by atoms with Crippen LogP contribution in [-0.4, -0.2) is 37.5 Å². The van der Waals surface area contributed by atoms with Crippen LogP contribution in [0.3, 0.4) is 0 Å². The Morgan fingerprint density at radius 3 is 2.76 bits per heavy atom. The van der Waals surface area contributed by atoms with Gasteiger partial charge in [-0.15, -0.1) is 0 Å². The molecule has 0 bridgehead atoms. The molecular weight excluding hydrogens is 302 g/mol. The molecule has 2 rings (SSSR count). The first-order chi connectivity index (χ1) is 9.93. The Morgan fingerprint density at radius 2 is 2.19 bits per heavy atom. The molecule has 21 heavy (non-hydrogen) atoms. The van der Waals surface area contributed by atoms with Gasteiger partial charge in [0.1, 0.15) is 5.02 Å². The summed E-state index contributed by atoms with van der Waals surface area (Å²) in [4.78, 5) is 21.3. The number of nitro groups is 1. The number of aliphatic hydroxyl groups excluding tert-OH is 1. The van der Waals surface area contributed by atoms with Gasteiger partial charge in [0.05, 0.1) is 10.6 Å². The summed E-state index contributed by atoms with van der Waals surface area (Å²) in [5, 5.41) is 32.7. The average molecular weight is 312 g/mol. The van der Waals surface area contributed by atoms with Gasteiger partial charge in [-0.1, -0.05) is 11.6 Å². The number of nitro benzene ring substituents is 1. The van der Waals surface area contributed by atoms with Crippen LogP contribution in [0.25, 0.3) is 5.69 Å². The first-order valence-corrected chi connectivity index (χ1v) is 6.19. The summed E-state index contributed by atoms with van der Waals surface area (Å²) in [6, 6.07) is 4.02. The van der Waals surface area contributed by atoms with E-state index in [0.717, 1.165) is 0 Å². The number of carboxylic acids is 1. The molecule has 0 amide bonds. The first kappa shape index (κ1) is 14.9. The minimum atomic E-state index is -1.24. The maximum Gasteiger partial charge on any atom is 0.356 e. The second kappa shape index (κ2) is 5.90. The van der Waals surface area contributed by atoms with Crippen molar-refractivity contribution in [3.63, 3.8) is 0 Å². The number of aromatic nitrogens is 2. The monoisotopic (exact) mass is 311 g/mol. The van der Waals surface area contributed by atoms with Crippen LogP contribution in [0.15, 0.2) is 24.4 Å². The highest BCUT2D eigenvalue weighted by Gasteiger charge is 2.18.